The van der Waals surface area contributed by atoms with Crippen molar-refractivity contribution in [3.8, 4) is 6.07 Å². The summed E-state index contributed by atoms with van der Waals surface area (Å²) in [5.74, 6) is 1.00. The summed E-state index contributed by atoms with van der Waals surface area (Å²) in [6, 6.07) is 2.99. The van der Waals surface area contributed by atoms with Crippen LogP contribution >= 0.6 is 0 Å². The van der Waals surface area contributed by atoms with Crippen molar-refractivity contribution in [2.45, 2.75) is 59.4 Å². The Morgan fingerprint density at radius 3 is 2.41 bits per heavy atom. The fraction of sp³-hybridized carbons (Fsp3) is 0.933. The molecule has 2 heteroatoms. The SMILES string of the molecule is CCCN(C)C1CC(C(C)(C)C)CCC1C#N. The van der Waals surface area contributed by atoms with E-state index in [-0.39, 0.29) is 5.92 Å². The third kappa shape index (κ3) is 3.71. The molecule has 0 spiro atoms. The molecular weight excluding hydrogens is 208 g/mol. The van der Waals surface area contributed by atoms with Crippen molar-refractivity contribution in [2.24, 2.45) is 17.3 Å². The van der Waals surface area contributed by atoms with Gasteiger partial charge in [-0.05, 0) is 50.6 Å². The summed E-state index contributed by atoms with van der Waals surface area (Å²) in [4.78, 5) is 2.41. The molecule has 1 rings (SSSR count). The maximum atomic E-state index is 9.29. The number of hydrogen-bond acceptors (Lipinski definition) is 2. The van der Waals surface area contributed by atoms with Gasteiger partial charge >= 0.3 is 0 Å². The van der Waals surface area contributed by atoms with E-state index in [1.807, 2.05) is 0 Å². The maximum absolute atomic E-state index is 9.29. The Balaban J connectivity index is 2.72. The van der Waals surface area contributed by atoms with Gasteiger partial charge in [-0.2, -0.15) is 5.26 Å². The predicted molar refractivity (Wildman–Crippen MR) is 72.6 cm³/mol. The molecule has 0 bridgehead atoms. The van der Waals surface area contributed by atoms with Crippen molar-refractivity contribution in [2.75, 3.05) is 13.6 Å². The second-order valence-corrected chi connectivity index (χ2v) is 6.66. The Morgan fingerprint density at radius 2 is 1.94 bits per heavy atom. The summed E-state index contributed by atoms with van der Waals surface area (Å²) >= 11 is 0. The van der Waals surface area contributed by atoms with Gasteiger partial charge in [0.25, 0.3) is 0 Å². The van der Waals surface area contributed by atoms with Crippen molar-refractivity contribution >= 4 is 0 Å². The van der Waals surface area contributed by atoms with E-state index in [4.69, 9.17) is 0 Å². The minimum Gasteiger partial charge on any atom is -0.302 e. The molecule has 1 saturated carbocycles. The van der Waals surface area contributed by atoms with Crippen LogP contribution in [0.25, 0.3) is 0 Å². The Kier molecular flexibility index (Phi) is 5.01. The van der Waals surface area contributed by atoms with E-state index in [9.17, 15) is 5.26 Å². The largest absolute Gasteiger partial charge is 0.302 e. The van der Waals surface area contributed by atoms with Crippen LogP contribution < -0.4 is 0 Å². The molecule has 0 saturated heterocycles. The van der Waals surface area contributed by atoms with Gasteiger partial charge in [0.1, 0.15) is 0 Å². The van der Waals surface area contributed by atoms with E-state index in [0.29, 0.717) is 11.5 Å². The van der Waals surface area contributed by atoms with Crippen LogP contribution in [-0.2, 0) is 0 Å². The molecule has 1 fully saturated rings. The van der Waals surface area contributed by atoms with Gasteiger partial charge in [0.05, 0.1) is 12.0 Å². The Labute approximate surface area is 107 Å². The molecule has 1 aliphatic carbocycles. The van der Waals surface area contributed by atoms with Crippen LogP contribution in [-0.4, -0.2) is 24.5 Å². The summed E-state index contributed by atoms with van der Waals surface area (Å²) < 4.78 is 0. The molecule has 0 heterocycles. The first-order valence-electron chi connectivity index (χ1n) is 7.00. The molecule has 0 aromatic rings. The van der Waals surface area contributed by atoms with Crippen LogP contribution in [0, 0.1) is 28.6 Å². The van der Waals surface area contributed by atoms with Crippen LogP contribution in [0.1, 0.15) is 53.4 Å². The molecule has 0 aliphatic heterocycles. The van der Waals surface area contributed by atoms with Crippen LogP contribution in [0.5, 0.6) is 0 Å². The lowest BCUT2D eigenvalue weighted by Gasteiger charge is -2.43. The molecule has 2 nitrogen and oxygen atoms in total. The van der Waals surface area contributed by atoms with Gasteiger partial charge in [-0.25, -0.2) is 0 Å². The van der Waals surface area contributed by atoms with Crippen LogP contribution in [0.2, 0.25) is 0 Å². The van der Waals surface area contributed by atoms with Crippen molar-refractivity contribution < 1.29 is 0 Å². The third-order valence-corrected chi connectivity index (χ3v) is 4.35. The molecule has 98 valence electrons. The standard InChI is InChI=1S/C15H28N2/c1-6-9-17(5)14-10-13(15(2,3)4)8-7-12(14)11-16/h12-14H,6-10H2,1-5H3. The molecule has 0 aromatic heterocycles. The summed E-state index contributed by atoms with van der Waals surface area (Å²) in [5.41, 5.74) is 0.381. The number of nitrogens with zero attached hydrogens (tertiary/aromatic N) is 2. The smallest absolute Gasteiger partial charge is 0.0672 e. The molecule has 1 aliphatic rings. The van der Waals surface area contributed by atoms with Gasteiger partial charge in [0.15, 0.2) is 0 Å². The lowest BCUT2D eigenvalue weighted by molar-refractivity contribution is 0.0752. The topological polar surface area (TPSA) is 27.0 Å². The molecule has 3 atom stereocenters. The van der Waals surface area contributed by atoms with E-state index in [1.54, 1.807) is 0 Å². The maximum Gasteiger partial charge on any atom is 0.0672 e. The number of nitriles is 1. The quantitative estimate of drug-likeness (QED) is 0.747. The lowest BCUT2D eigenvalue weighted by Crippen LogP contribution is -2.44. The van der Waals surface area contributed by atoms with Crippen LogP contribution in [0.4, 0.5) is 0 Å². The highest BCUT2D eigenvalue weighted by Crippen LogP contribution is 2.41. The summed E-state index contributed by atoms with van der Waals surface area (Å²) in [6.45, 7) is 10.3. The van der Waals surface area contributed by atoms with Crippen molar-refractivity contribution in [1.29, 1.82) is 5.26 Å². The van der Waals surface area contributed by atoms with E-state index in [0.717, 1.165) is 18.9 Å². The monoisotopic (exact) mass is 236 g/mol. The average Bonchev–Trinajstić information content (AvgIpc) is 2.27. The third-order valence-electron chi connectivity index (χ3n) is 4.35. The van der Waals surface area contributed by atoms with Gasteiger partial charge in [0, 0.05) is 6.04 Å². The van der Waals surface area contributed by atoms with Gasteiger partial charge in [-0.15, -0.1) is 0 Å². The highest BCUT2D eigenvalue weighted by molar-refractivity contribution is 4.98. The summed E-state index contributed by atoms with van der Waals surface area (Å²) in [5, 5.41) is 9.29. The molecule has 17 heavy (non-hydrogen) atoms. The average molecular weight is 236 g/mol. The first-order valence-corrected chi connectivity index (χ1v) is 7.00. The minimum absolute atomic E-state index is 0.241. The number of hydrogen-bond donors (Lipinski definition) is 0. The van der Waals surface area contributed by atoms with Crippen LogP contribution in [0.15, 0.2) is 0 Å². The normalized spacial score (nSPS) is 30.3. The van der Waals surface area contributed by atoms with Crippen LogP contribution in [0.3, 0.4) is 0 Å². The first kappa shape index (κ1) is 14.5. The molecule has 0 aromatic carbocycles. The van der Waals surface area contributed by atoms with Gasteiger partial charge in [-0.3, -0.25) is 0 Å². The zero-order valence-electron chi connectivity index (χ0n) is 12.2. The molecule has 0 N–H and O–H groups in total. The molecule has 0 radical (unpaired) electrons. The lowest BCUT2D eigenvalue weighted by atomic mass is 9.68. The zero-order chi connectivity index (χ0) is 13.1. The Morgan fingerprint density at radius 1 is 1.29 bits per heavy atom. The fourth-order valence-corrected chi connectivity index (χ4v) is 3.09. The molecular formula is C15H28N2. The minimum atomic E-state index is 0.241. The molecule has 3 unspecified atom stereocenters. The highest BCUT2D eigenvalue weighted by Gasteiger charge is 2.37. The van der Waals surface area contributed by atoms with E-state index in [2.05, 4.69) is 45.7 Å². The van der Waals surface area contributed by atoms with Gasteiger partial charge in [-0.1, -0.05) is 27.7 Å². The molecule has 0 amide bonds. The predicted octanol–water partition coefficient (Wildman–Crippen LogP) is 3.68. The van der Waals surface area contributed by atoms with Gasteiger partial charge < -0.3 is 4.90 Å². The van der Waals surface area contributed by atoms with Crippen molar-refractivity contribution in [3.05, 3.63) is 0 Å². The second-order valence-electron chi connectivity index (χ2n) is 6.66. The summed E-state index contributed by atoms with van der Waals surface area (Å²) in [7, 11) is 2.18. The first-order chi connectivity index (χ1) is 7.90. The Bertz CT molecular complexity index is 272. The number of rotatable bonds is 3. The van der Waals surface area contributed by atoms with E-state index in [1.165, 1.54) is 19.3 Å². The fourth-order valence-electron chi connectivity index (χ4n) is 3.09. The van der Waals surface area contributed by atoms with Crippen molar-refractivity contribution in [3.63, 3.8) is 0 Å². The summed E-state index contributed by atoms with van der Waals surface area (Å²) in [6.07, 6.45) is 4.67. The van der Waals surface area contributed by atoms with Crippen molar-refractivity contribution in [1.82, 2.24) is 4.90 Å². The Hall–Kier alpha value is -0.550. The highest BCUT2D eigenvalue weighted by atomic mass is 15.1. The zero-order valence-corrected chi connectivity index (χ0v) is 12.2. The van der Waals surface area contributed by atoms with Gasteiger partial charge in [0.2, 0.25) is 0 Å². The second kappa shape index (κ2) is 5.87. The van der Waals surface area contributed by atoms with E-state index < -0.39 is 0 Å². The van der Waals surface area contributed by atoms with E-state index >= 15 is 0 Å².